The molecule has 0 radical (unpaired) electrons. The van der Waals surface area contributed by atoms with E-state index in [0.29, 0.717) is 12.8 Å². The predicted octanol–water partition coefficient (Wildman–Crippen LogP) is 2.78. The summed E-state index contributed by atoms with van der Waals surface area (Å²) in [6.07, 6.45) is 3.24. The van der Waals surface area contributed by atoms with Crippen LogP contribution in [0.15, 0.2) is 18.2 Å². The van der Waals surface area contributed by atoms with Crippen molar-refractivity contribution in [3.8, 4) is 0 Å². The van der Waals surface area contributed by atoms with Gasteiger partial charge in [-0.15, -0.1) is 0 Å². The number of carbonyl (C=O) groups is 4. The van der Waals surface area contributed by atoms with Crippen molar-refractivity contribution < 1.29 is 23.9 Å². The van der Waals surface area contributed by atoms with Crippen LogP contribution in [0.5, 0.6) is 0 Å². The third kappa shape index (κ3) is 4.49. The lowest BCUT2D eigenvalue weighted by Crippen LogP contribution is -2.37. The molecule has 0 bridgehead atoms. The van der Waals surface area contributed by atoms with Crippen molar-refractivity contribution >= 4 is 29.4 Å². The summed E-state index contributed by atoms with van der Waals surface area (Å²) in [5, 5.41) is 2.80. The Morgan fingerprint density at radius 1 is 1.14 bits per heavy atom. The van der Waals surface area contributed by atoms with E-state index in [0.717, 1.165) is 34.6 Å². The number of imide groups is 1. The summed E-state index contributed by atoms with van der Waals surface area (Å²) in [7, 11) is 0. The van der Waals surface area contributed by atoms with Gasteiger partial charge in [0.2, 0.25) is 11.8 Å². The second kappa shape index (κ2) is 8.76. The molecule has 3 amide bonds. The molecule has 1 heterocycles. The number of hydrogen-bond donors (Lipinski definition) is 1. The third-order valence-electron chi connectivity index (χ3n) is 5.78. The number of fused-ring (bicyclic) bond motifs is 1. The summed E-state index contributed by atoms with van der Waals surface area (Å²) >= 11 is 0. The SMILES string of the molecule is Cc1cccc(C(C)C)c1NC(=O)COC(=O)CN1C(=O)[C@H]2CCCC[C@@H]2C1=O. The molecule has 7 heteroatoms. The summed E-state index contributed by atoms with van der Waals surface area (Å²) in [5.74, 6) is -2.17. The molecule has 1 saturated carbocycles. The number of para-hydroxylation sites is 1. The summed E-state index contributed by atoms with van der Waals surface area (Å²) in [4.78, 5) is 50.3. The molecule has 0 unspecified atom stereocenters. The van der Waals surface area contributed by atoms with Gasteiger partial charge in [-0.2, -0.15) is 0 Å². The fraction of sp³-hybridized carbons (Fsp3) is 0.545. The molecule has 1 saturated heterocycles. The Balaban J connectivity index is 1.54. The van der Waals surface area contributed by atoms with E-state index >= 15 is 0 Å². The number of amides is 3. The Kier molecular flexibility index (Phi) is 6.35. The van der Waals surface area contributed by atoms with Gasteiger partial charge in [-0.05, 0) is 36.8 Å². The zero-order valence-electron chi connectivity index (χ0n) is 17.2. The number of carbonyl (C=O) groups excluding carboxylic acids is 4. The number of hydrogen-bond acceptors (Lipinski definition) is 5. The van der Waals surface area contributed by atoms with Crippen LogP contribution in [0.25, 0.3) is 0 Å². The number of benzene rings is 1. The van der Waals surface area contributed by atoms with Gasteiger partial charge in [0.25, 0.3) is 5.91 Å². The highest BCUT2D eigenvalue weighted by Gasteiger charge is 2.48. The van der Waals surface area contributed by atoms with Crippen LogP contribution in [-0.2, 0) is 23.9 Å². The maximum atomic E-state index is 12.4. The van der Waals surface area contributed by atoms with Gasteiger partial charge in [-0.3, -0.25) is 24.1 Å². The molecule has 1 aliphatic carbocycles. The molecular weight excluding hydrogens is 372 g/mol. The minimum atomic E-state index is -0.755. The average Bonchev–Trinajstić information content (AvgIpc) is 2.93. The van der Waals surface area contributed by atoms with Gasteiger partial charge in [0.05, 0.1) is 11.8 Å². The molecule has 2 fully saturated rings. The molecule has 2 aliphatic rings. The Hall–Kier alpha value is -2.70. The number of nitrogens with zero attached hydrogens (tertiary/aromatic N) is 1. The molecule has 2 atom stereocenters. The molecule has 7 nitrogen and oxygen atoms in total. The molecule has 0 spiro atoms. The molecular formula is C22H28N2O5. The standard InChI is InChI=1S/C22H28N2O5/c1-13(2)15-10-6-7-14(3)20(15)23-18(25)12-29-19(26)11-24-21(27)16-8-4-5-9-17(16)22(24)28/h6-7,10,13,16-17H,4-5,8-9,11-12H2,1-3H3,(H,23,25)/t16-,17-/m0/s1. The first kappa shape index (κ1) is 21.0. The highest BCUT2D eigenvalue weighted by Crippen LogP contribution is 2.37. The van der Waals surface area contributed by atoms with Crippen molar-refractivity contribution in [1.82, 2.24) is 4.90 Å². The zero-order valence-corrected chi connectivity index (χ0v) is 17.2. The van der Waals surface area contributed by atoms with Gasteiger partial charge in [-0.1, -0.05) is 44.9 Å². The third-order valence-corrected chi connectivity index (χ3v) is 5.78. The van der Waals surface area contributed by atoms with Crippen LogP contribution in [-0.4, -0.2) is 41.7 Å². The van der Waals surface area contributed by atoms with Crippen molar-refractivity contribution in [3.63, 3.8) is 0 Å². The van der Waals surface area contributed by atoms with Gasteiger partial charge in [0, 0.05) is 5.69 Å². The fourth-order valence-electron chi connectivity index (χ4n) is 4.23. The quantitative estimate of drug-likeness (QED) is 0.585. The number of anilines is 1. The summed E-state index contributed by atoms with van der Waals surface area (Å²) in [6, 6.07) is 5.78. The number of likely N-dealkylation sites (tertiary alicyclic amines) is 1. The van der Waals surface area contributed by atoms with Gasteiger partial charge in [-0.25, -0.2) is 0 Å². The minimum absolute atomic E-state index is 0.225. The van der Waals surface area contributed by atoms with Gasteiger partial charge < -0.3 is 10.1 Å². The summed E-state index contributed by atoms with van der Waals surface area (Å²) in [5.41, 5.74) is 2.64. The summed E-state index contributed by atoms with van der Waals surface area (Å²) in [6.45, 7) is 5.07. The zero-order chi connectivity index (χ0) is 21.1. The van der Waals surface area contributed by atoms with Crippen molar-refractivity contribution in [2.24, 2.45) is 11.8 Å². The van der Waals surface area contributed by atoms with Crippen molar-refractivity contribution in [1.29, 1.82) is 0 Å². The smallest absolute Gasteiger partial charge is 0.326 e. The van der Waals surface area contributed by atoms with Crippen LogP contribution >= 0.6 is 0 Å². The van der Waals surface area contributed by atoms with Gasteiger partial charge in [0.15, 0.2) is 6.61 Å². The largest absolute Gasteiger partial charge is 0.454 e. The second-order valence-corrected chi connectivity index (χ2v) is 8.16. The average molecular weight is 400 g/mol. The Bertz CT molecular complexity index is 808. The Morgan fingerprint density at radius 2 is 1.76 bits per heavy atom. The lowest BCUT2D eigenvalue weighted by molar-refractivity contribution is -0.154. The van der Waals surface area contributed by atoms with Crippen molar-refractivity contribution in [3.05, 3.63) is 29.3 Å². The highest BCUT2D eigenvalue weighted by atomic mass is 16.5. The first-order valence-corrected chi connectivity index (χ1v) is 10.2. The van der Waals surface area contributed by atoms with E-state index < -0.39 is 25.0 Å². The van der Waals surface area contributed by atoms with Crippen LogP contribution in [0, 0.1) is 18.8 Å². The maximum absolute atomic E-state index is 12.4. The van der Waals surface area contributed by atoms with Crippen LogP contribution < -0.4 is 5.32 Å². The van der Waals surface area contributed by atoms with E-state index in [9.17, 15) is 19.2 Å². The maximum Gasteiger partial charge on any atom is 0.326 e. The first-order chi connectivity index (χ1) is 13.8. The van der Waals surface area contributed by atoms with Crippen molar-refractivity contribution in [2.75, 3.05) is 18.5 Å². The van der Waals surface area contributed by atoms with Crippen LogP contribution in [0.4, 0.5) is 5.69 Å². The number of nitrogens with one attached hydrogen (secondary N) is 1. The molecule has 29 heavy (non-hydrogen) atoms. The van der Waals surface area contributed by atoms with Crippen LogP contribution in [0.2, 0.25) is 0 Å². The molecule has 1 aromatic rings. The molecule has 0 aromatic heterocycles. The molecule has 3 rings (SSSR count). The molecule has 1 aliphatic heterocycles. The Labute approximate surface area is 170 Å². The fourth-order valence-corrected chi connectivity index (χ4v) is 4.23. The number of rotatable bonds is 6. The first-order valence-electron chi connectivity index (χ1n) is 10.2. The topological polar surface area (TPSA) is 92.8 Å². The molecule has 156 valence electrons. The van der Waals surface area contributed by atoms with Gasteiger partial charge in [0.1, 0.15) is 6.54 Å². The van der Waals surface area contributed by atoms with Crippen LogP contribution in [0.3, 0.4) is 0 Å². The Morgan fingerprint density at radius 3 is 2.34 bits per heavy atom. The number of aryl methyl sites for hydroxylation is 1. The van der Waals surface area contributed by atoms with E-state index in [-0.39, 0.29) is 29.6 Å². The van der Waals surface area contributed by atoms with Gasteiger partial charge >= 0.3 is 5.97 Å². The summed E-state index contributed by atoms with van der Waals surface area (Å²) < 4.78 is 5.03. The number of ether oxygens (including phenoxy) is 1. The second-order valence-electron chi connectivity index (χ2n) is 8.16. The van der Waals surface area contributed by atoms with Crippen LogP contribution in [0.1, 0.15) is 56.6 Å². The van der Waals surface area contributed by atoms with E-state index in [1.54, 1.807) is 0 Å². The normalized spacial score (nSPS) is 21.3. The van der Waals surface area contributed by atoms with Crippen molar-refractivity contribution in [2.45, 2.75) is 52.4 Å². The molecule has 1 aromatic carbocycles. The highest BCUT2D eigenvalue weighted by molar-refractivity contribution is 6.07. The predicted molar refractivity (Wildman–Crippen MR) is 107 cm³/mol. The lowest BCUT2D eigenvalue weighted by Gasteiger charge is -2.19. The van der Waals surface area contributed by atoms with E-state index in [1.165, 1.54) is 0 Å². The minimum Gasteiger partial charge on any atom is -0.454 e. The molecule has 1 N–H and O–H groups in total. The monoisotopic (exact) mass is 400 g/mol. The van der Waals surface area contributed by atoms with E-state index in [1.807, 2.05) is 39.0 Å². The number of esters is 1. The van der Waals surface area contributed by atoms with E-state index in [2.05, 4.69) is 5.32 Å². The lowest BCUT2D eigenvalue weighted by atomic mass is 9.81. The van der Waals surface area contributed by atoms with E-state index in [4.69, 9.17) is 4.74 Å².